The summed E-state index contributed by atoms with van der Waals surface area (Å²) in [4.78, 5) is 12.8. The molecule has 0 aliphatic heterocycles. The van der Waals surface area contributed by atoms with Gasteiger partial charge in [0.05, 0.1) is 32.3 Å². The largest absolute Gasteiger partial charge is 0.497 e. The molecule has 0 radical (unpaired) electrons. The van der Waals surface area contributed by atoms with Gasteiger partial charge in [-0.15, -0.1) is 0 Å². The van der Waals surface area contributed by atoms with Gasteiger partial charge in [-0.1, -0.05) is 19.1 Å². The minimum absolute atomic E-state index is 0.225. The van der Waals surface area contributed by atoms with Crippen molar-refractivity contribution < 1.29 is 28.5 Å². The maximum absolute atomic E-state index is 12.8. The number of fused-ring (bicyclic) bond motifs is 3. The maximum atomic E-state index is 12.8. The number of hydrogen-bond donors (Lipinski definition) is 1. The second kappa shape index (κ2) is 9.27. The van der Waals surface area contributed by atoms with Crippen LogP contribution >= 0.6 is 0 Å². The number of methoxy groups -OCH3 is 3. The van der Waals surface area contributed by atoms with E-state index in [0.29, 0.717) is 56.7 Å². The summed E-state index contributed by atoms with van der Waals surface area (Å²) < 4.78 is 27.9. The highest BCUT2D eigenvalue weighted by atomic mass is 16.5. The van der Waals surface area contributed by atoms with Crippen molar-refractivity contribution in [1.82, 2.24) is 0 Å². The van der Waals surface area contributed by atoms with Crippen LogP contribution in [0.2, 0.25) is 0 Å². The molecule has 34 heavy (non-hydrogen) atoms. The van der Waals surface area contributed by atoms with Crippen LogP contribution in [0.1, 0.15) is 31.4 Å². The third-order valence-electron chi connectivity index (χ3n) is 6.11. The molecule has 7 heteroatoms. The van der Waals surface area contributed by atoms with Crippen molar-refractivity contribution >= 4 is 21.7 Å². The number of hydrogen-bond acceptors (Lipinski definition) is 7. The summed E-state index contributed by atoms with van der Waals surface area (Å²) in [7, 11) is 4.73. The first-order valence-electron chi connectivity index (χ1n) is 11.0. The van der Waals surface area contributed by atoms with Crippen molar-refractivity contribution in [2.75, 3.05) is 21.3 Å². The molecule has 7 nitrogen and oxygen atoms in total. The van der Waals surface area contributed by atoms with Crippen LogP contribution in [0.4, 0.5) is 0 Å². The molecule has 1 unspecified atom stereocenters. The Morgan fingerprint density at radius 1 is 0.853 bits per heavy atom. The van der Waals surface area contributed by atoms with Gasteiger partial charge in [-0.2, -0.15) is 0 Å². The fourth-order valence-electron chi connectivity index (χ4n) is 3.86. The zero-order valence-corrected chi connectivity index (χ0v) is 19.9. The standard InChI is InChI=1S/C27H28O7/c1-6-27(2,29)17-7-8-20-21-13-24(32-5)25(14-23(21)34-26(28)22(20)11-17)33-15-16-9-18(30-3)12-19(10-16)31-4/h7-14,29H,6,15H2,1-5H3. The van der Waals surface area contributed by atoms with Gasteiger partial charge < -0.3 is 28.5 Å². The molecule has 0 aliphatic carbocycles. The van der Waals surface area contributed by atoms with E-state index in [9.17, 15) is 9.90 Å². The highest BCUT2D eigenvalue weighted by molar-refractivity contribution is 6.05. The van der Waals surface area contributed by atoms with Gasteiger partial charge in [0.1, 0.15) is 23.7 Å². The van der Waals surface area contributed by atoms with Gasteiger partial charge in [0.25, 0.3) is 0 Å². The first-order valence-corrected chi connectivity index (χ1v) is 11.0. The predicted octanol–water partition coefficient (Wildman–Crippen LogP) is 5.17. The number of rotatable bonds is 8. The van der Waals surface area contributed by atoms with E-state index >= 15 is 0 Å². The smallest absolute Gasteiger partial charge is 0.344 e. The van der Waals surface area contributed by atoms with Crippen LogP contribution in [0.5, 0.6) is 23.0 Å². The third-order valence-corrected chi connectivity index (χ3v) is 6.11. The van der Waals surface area contributed by atoms with Crippen LogP contribution < -0.4 is 24.6 Å². The zero-order valence-electron chi connectivity index (χ0n) is 19.9. The summed E-state index contributed by atoms with van der Waals surface area (Å²) in [6.07, 6.45) is 0.519. The molecule has 0 aliphatic rings. The van der Waals surface area contributed by atoms with E-state index in [1.54, 1.807) is 52.5 Å². The molecule has 1 N–H and O–H groups in total. The Hall–Kier alpha value is -3.71. The lowest BCUT2D eigenvalue weighted by Gasteiger charge is -2.22. The van der Waals surface area contributed by atoms with Crippen LogP contribution in [0.15, 0.2) is 57.7 Å². The Kier molecular flexibility index (Phi) is 6.39. The highest BCUT2D eigenvalue weighted by Crippen LogP contribution is 2.37. The summed E-state index contributed by atoms with van der Waals surface area (Å²) in [5, 5.41) is 12.4. The van der Waals surface area contributed by atoms with Crippen molar-refractivity contribution in [2.24, 2.45) is 0 Å². The van der Waals surface area contributed by atoms with Crippen molar-refractivity contribution in [3.8, 4) is 23.0 Å². The van der Waals surface area contributed by atoms with Gasteiger partial charge in [0.15, 0.2) is 11.5 Å². The molecule has 4 rings (SSSR count). The normalized spacial score (nSPS) is 13.0. The fourth-order valence-corrected chi connectivity index (χ4v) is 3.86. The summed E-state index contributed by atoms with van der Waals surface area (Å²) in [6, 6.07) is 14.3. The topological polar surface area (TPSA) is 87.4 Å². The molecule has 4 aromatic rings. The van der Waals surface area contributed by atoms with Crippen LogP contribution in [0.25, 0.3) is 21.7 Å². The molecule has 1 aromatic heterocycles. The van der Waals surface area contributed by atoms with E-state index in [4.69, 9.17) is 23.4 Å². The monoisotopic (exact) mass is 464 g/mol. The van der Waals surface area contributed by atoms with E-state index < -0.39 is 11.2 Å². The summed E-state index contributed by atoms with van der Waals surface area (Å²) in [5.41, 5.74) is 0.369. The summed E-state index contributed by atoms with van der Waals surface area (Å²) in [6.45, 7) is 3.84. The van der Waals surface area contributed by atoms with Crippen molar-refractivity contribution in [3.05, 3.63) is 70.1 Å². The van der Waals surface area contributed by atoms with E-state index in [2.05, 4.69) is 0 Å². The molecule has 0 saturated carbocycles. The van der Waals surface area contributed by atoms with Crippen molar-refractivity contribution in [1.29, 1.82) is 0 Å². The summed E-state index contributed by atoms with van der Waals surface area (Å²) >= 11 is 0. The van der Waals surface area contributed by atoms with Gasteiger partial charge in [-0.05, 0) is 48.7 Å². The third kappa shape index (κ3) is 4.39. The van der Waals surface area contributed by atoms with Crippen LogP contribution in [-0.4, -0.2) is 26.4 Å². The van der Waals surface area contributed by atoms with Crippen LogP contribution in [-0.2, 0) is 12.2 Å². The SMILES string of the molecule is CCC(C)(O)c1ccc2c(c1)c(=O)oc1cc(OCc3cc(OC)cc(OC)c3)c(OC)cc12. The molecule has 1 atom stereocenters. The molecular weight excluding hydrogens is 436 g/mol. The Morgan fingerprint density at radius 2 is 1.56 bits per heavy atom. The van der Waals surface area contributed by atoms with Gasteiger partial charge in [-0.3, -0.25) is 0 Å². The van der Waals surface area contributed by atoms with Gasteiger partial charge in [0, 0.05) is 22.9 Å². The van der Waals surface area contributed by atoms with E-state index in [-0.39, 0.29) is 6.61 Å². The Bertz CT molecular complexity index is 1380. The Labute approximate surface area is 197 Å². The van der Waals surface area contributed by atoms with Crippen LogP contribution in [0.3, 0.4) is 0 Å². The van der Waals surface area contributed by atoms with Crippen molar-refractivity contribution in [2.45, 2.75) is 32.5 Å². The first kappa shape index (κ1) is 23.4. The fraction of sp³-hybridized carbons (Fsp3) is 0.296. The Balaban J connectivity index is 1.76. The molecule has 3 aromatic carbocycles. The van der Waals surface area contributed by atoms with Crippen LogP contribution in [0, 0.1) is 0 Å². The average Bonchev–Trinajstić information content (AvgIpc) is 2.86. The summed E-state index contributed by atoms with van der Waals surface area (Å²) in [5.74, 6) is 2.25. The molecule has 178 valence electrons. The second-order valence-corrected chi connectivity index (χ2v) is 8.29. The Morgan fingerprint density at radius 3 is 2.18 bits per heavy atom. The lowest BCUT2D eigenvalue weighted by atomic mass is 9.91. The van der Waals surface area contributed by atoms with Gasteiger partial charge in [-0.25, -0.2) is 4.79 Å². The van der Waals surface area contributed by atoms with Crippen molar-refractivity contribution in [3.63, 3.8) is 0 Å². The quantitative estimate of drug-likeness (QED) is 0.284. The number of ether oxygens (including phenoxy) is 4. The zero-order chi connectivity index (χ0) is 24.5. The minimum atomic E-state index is -1.03. The molecule has 0 fully saturated rings. The van der Waals surface area contributed by atoms with E-state index in [1.165, 1.54) is 0 Å². The van der Waals surface area contributed by atoms with Gasteiger partial charge >= 0.3 is 5.63 Å². The lowest BCUT2D eigenvalue weighted by Crippen LogP contribution is -2.19. The van der Waals surface area contributed by atoms with E-state index in [0.717, 1.165) is 5.56 Å². The lowest BCUT2D eigenvalue weighted by molar-refractivity contribution is 0.0532. The predicted molar refractivity (Wildman–Crippen MR) is 130 cm³/mol. The second-order valence-electron chi connectivity index (χ2n) is 8.29. The molecule has 0 spiro atoms. The molecule has 1 heterocycles. The highest BCUT2D eigenvalue weighted by Gasteiger charge is 2.22. The number of benzene rings is 3. The van der Waals surface area contributed by atoms with Gasteiger partial charge in [0.2, 0.25) is 0 Å². The minimum Gasteiger partial charge on any atom is -0.497 e. The average molecular weight is 465 g/mol. The molecule has 0 amide bonds. The number of aliphatic hydroxyl groups is 1. The molecule has 0 bridgehead atoms. The molecular formula is C27H28O7. The first-order chi connectivity index (χ1) is 16.3. The maximum Gasteiger partial charge on any atom is 0.344 e. The van der Waals surface area contributed by atoms with E-state index in [1.807, 2.05) is 31.2 Å². The molecule has 0 saturated heterocycles.